The molecule has 0 spiro atoms. The Morgan fingerprint density at radius 1 is 1.25 bits per heavy atom. The molecular formula is C13H18ClF2NO3. The summed E-state index contributed by atoms with van der Waals surface area (Å²) in [4.78, 5) is 11.6. The first-order valence-electron chi connectivity index (χ1n) is 5.67. The van der Waals surface area contributed by atoms with Crippen LogP contribution in [0.25, 0.3) is 0 Å². The van der Waals surface area contributed by atoms with Gasteiger partial charge < -0.3 is 15.2 Å². The molecule has 2 N–H and O–H groups in total. The predicted octanol–water partition coefficient (Wildman–Crippen LogP) is 2.91. The number of carbonyl (C=O) groups excluding carboxylic acids is 1. The molecule has 0 radical (unpaired) electrons. The largest absolute Gasteiger partial charge is 0.469 e. The van der Waals surface area contributed by atoms with Crippen LogP contribution in [0.3, 0.4) is 0 Å². The number of hydrogen-bond donors (Lipinski definition) is 1. The van der Waals surface area contributed by atoms with E-state index in [1.807, 2.05) is 0 Å². The monoisotopic (exact) mass is 309 g/mol. The molecule has 4 nitrogen and oxygen atoms in total. The number of halogens is 3. The first kappa shape index (κ1) is 18.6. The highest BCUT2D eigenvalue weighted by molar-refractivity contribution is 5.85. The Balaban J connectivity index is 0.00000361. The van der Waals surface area contributed by atoms with Gasteiger partial charge in [0.2, 0.25) is 0 Å². The molecule has 0 aliphatic heterocycles. The highest BCUT2D eigenvalue weighted by Crippen LogP contribution is 2.33. The smallest absolute Gasteiger partial charge is 0.387 e. The lowest BCUT2D eigenvalue weighted by molar-refractivity contribution is -0.152. The van der Waals surface area contributed by atoms with E-state index in [9.17, 15) is 13.6 Å². The SMILES string of the molecule is COC(=O)C(C)(C)[C@@H](N)c1ccc(OC(F)F)cc1.Cl. The van der Waals surface area contributed by atoms with E-state index in [0.29, 0.717) is 5.56 Å². The van der Waals surface area contributed by atoms with Gasteiger partial charge in [-0.05, 0) is 31.5 Å². The van der Waals surface area contributed by atoms with E-state index in [1.54, 1.807) is 26.0 Å². The summed E-state index contributed by atoms with van der Waals surface area (Å²) < 4.78 is 33.0. The lowest BCUT2D eigenvalue weighted by Gasteiger charge is -2.29. The van der Waals surface area contributed by atoms with E-state index in [4.69, 9.17) is 10.5 Å². The van der Waals surface area contributed by atoms with Crippen LogP contribution in [0.2, 0.25) is 0 Å². The lowest BCUT2D eigenvalue weighted by Crippen LogP contribution is -2.37. The second-order valence-corrected chi connectivity index (χ2v) is 4.64. The van der Waals surface area contributed by atoms with Gasteiger partial charge in [-0.2, -0.15) is 8.78 Å². The zero-order valence-electron chi connectivity index (χ0n) is 11.4. The van der Waals surface area contributed by atoms with Gasteiger partial charge in [0.25, 0.3) is 0 Å². The molecule has 0 aliphatic rings. The fraction of sp³-hybridized carbons (Fsp3) is 0.462. The van der Waals surface area contributed by atoms with Crippen LogP contribution in [0.1, 0.15) is 25.5 Å². The summed E-state index contributed by atoms with van der Waals surface area (Å²) in [6.45, 7) is 0.450. The van der Waals surface area contributed by atoms with Crippen molar-refractivity contribution >= 4 is 18.4 Å². The van der Waals surface area contributed by atoms with Crippen LogP contribution in [-0.2, 0) is 9.53 Å². The van der Waals surface area contributed by atoms with E-state index < -0.39 is 24.0 Å². The summed E-state index contributed by atoms with van der Waals surface area (Å²) in [5.74, 6) is -0.394. The maximum absolute atomic E-state index is 12.0. The summed E-state index contributed by atoms with van der Waals surface area (Å²) in [5.41, 5.74) is 5.73. The molecule has 0 fully saturated rings. The molecule has 0 heterocycles. The number of alkyl halides is 2. The van der Waals surface area contributed by atoms with Crippen LogP contribution in [-0.4, -0.2) is 19.7 Å². The van der Waals surface area contributed by atoms with Crippen molar-refractivity contribution in [3.8, 4) is 5.75 Å². The lowest BCUT2D eigenvalue weighted by atomic mass is 9.81. The Hall–Kier alpha value is -1.40. The molecule has 0 amide bonds. The number of carbonyl (C=O) groups is 1. The molecule has 114 valence electrons. The Bertz CT molecular complexity index is 438. The fourth-order valence-electron chi connectivity index (χ4n) is 1.66. The maximum atomic E-state index is 12.0. The molecular weight excluding hydrogens is 292 g/mol. The van der Waals surface area contributed by atoms with Crippen molar-refractivity contribution in [2.45, 2.75) is 26.5 Å². The quantitative estimate of drug-likeness (QED) is 0.850. The van der Waals surface area contributed by atoms with Crippen LogP contribution in [0, 0.1) is 5.41 Å². The number of nitrogens with two attached hydrogens (primary N) is 1. The third-order valence-electron chi connectivity index (χ3n) is 2.95. The summed E-state index contributed by atoms with van der Waals surface area (Å²) in [6.07, 6.45) is 0. The Labute approximate surface area is 122 Å². The highest BCUT2D eigenvalue weighted by atomic mass is 35.5. The van der Waals surface area contributed by atoms with Crippen molar-refractivity contribution in [3.63, 3.8) is 0 Å². The predicted molar refractivity (Wildman–Crippen MR) is 73.0 cm³/mol. The number of benzene rings is 1. The number of esters is 1. The molecule has 1 rings (SSSR count). The van der Waals surface area contributed by atoms with Crippen LogP contribution in [0.15, 0.2) is 24.3 Å². The molecule has 7 heteroatoms. The molecule has 0 bridgehead atoms. The van der Waals surface area contributed by atoms with Gasteiger partial charge in [0.1, 0.15) is 5.75 Å². The first-order valence-corrected chi connectivity index (χ1v) is 5.67. The van der Waals surface area contributed by atoms with Gasteiger partial charge in [-0.1, -0.05) is 12.1 Å². The number of hydrogen-bond acceptors (Lipinski definition) is 4. The third kappa shape index (κ3) is 4.31. The van der Waals surface area contributed by atoms with E-state index in [1.165, 1.54) is 19.2 Å². The van der Waals surface area contributed by atoms with Gasteiger partial charge in [0.15, 0.2) is 0 Å². The van der Waals surface area contributed by atoms with Gasteiger partial charge in [0.05, 0.1) is 12.5 Å². The fourth-order valence-corrected chi connectivity index (χ4v) is 1.66. The highest BCUT2D eigenvalue weighted by Gasteiger charge is 2.36. The van der Waals surface area contributed by atoms with Crippen molar-refractivity contribution < 1.29 is 23.0 Å². The minimum atomic E-state index is -2.87. The summed E-state index contributed by atoms with van der Waals surface area (Å²) in [7, 11) is 1.29. The molecule has 0 saturated carbocycles. The molecule has 0 aliphatic carbocycles. The van der Waals surface area contributed by atoms with Crippen LogP contribution < -0.4 is 10.5 Å². The maximum Gasteiger partial charge on any atom is 0.387 e. The molecule has 1 atom stereocenters. The van der Waals surface area contributed by atoms with Crippen LogP contribution >= 0.6 is 12.4 Å². The third-order valence-corrected chi connectivity index (χ3v) is 2.95. The van der Waals surface area contributed by atoms with Crippen molar-refractivity contribution in [2.75, 3.05) is 7.11 Å². The second-order valence-electron chi connectivity index (χ2n) is 4.64. The van der Waals surface area contributed by atoms with Crippen molar-refractivity contribution in [2.24, 2.45) is 11.1 Å². The molecule has 1 aromatic rings. The minimum Gasteiger partial charge on any atom is -0.469 e. The van der Waals surface area contributed by atoms with Crippen molar-refractivity contribution in [1.82, 2.24) is 0 Å². The van der Waals surface area contributed by atoms with Gasteiger partial charge in [0, 0.05) is 6.04 Å². The molecule has 0 saturated heterocycles. The van der Waals surface area contributed by atoms with E-state index >= 15 is 0 Å². The molecule has 0 unspecified atom stereocenters. The molecule has 0 aromatic heterocycles. The van der Waals surface area contributed by atoms with Gasteiger partial charge in [-0.25, -0.2) is 0 Å². The van der Waals surface area contributed by atoms with E-state index in [2.05, 4.69) is 4.74 Å². The summed E-state index contributed by atoms with van der Waals surface area (Å²) in [6, 6.07) is 5.25. The van der Waals surface area contributed by atoms with Gasteiger partial charge in [-0.3, -0.25) is 4.79 Å². The van der Waals surface area contributed by atoms with Crippen LogP contribution in [0.4, 0.5) is 8.78 Å². The second kappa shape index (κ2) is 7.40. The number of rotatable bonds is 5. The molecule has 1 aromatic carbocycles. The number of ether oxygens (including phenoxy) is 2. The Morgan fingerprint density at radius 3 is 2.15 bits per heavy atom. The van der Waals surface area contributed by atoms with Crippen molar-refractivity contribution in [3.05, 3.63) is 29.8 Å². The summed E-state index contributed by atoms with van der Waals surface area (Å²) in [5, 5.41) is 0. The minimum absolute atomic E-state index is 0. The Morgan fingerprint density at radius 2 is 1.75 bits per heavy atom. The molecule has 20 heavy (non-hydrogen) atoms. The Kier molecular flexibility index (Phi) is 6.88. The average molecular weight is 310 g/mol. The number of methoxy groups -OCH3 is 1. The average Bonchev–Trinajstić information content (AvgIpc) is 2.37. The van der Waals surface area contributed by atoms with Crippen LogP contribution in [0.5, 0.6) is 5.75 Å². The standard InChI is InChI=1S/C13H17F2NO3.ClH/c1-13(2,11(17)18-3)10(16)8-4-6-9(7-5-8)19-12(14)15;/h4-7,10,12H,16H2,1-3H3;1H/t10-;/m0./s1. The van der Waals surface area contributed by atoms with E-state index in [0.717, 1.165) is 0 Å². The van der Waals surface area contributed by atoms with Crippen molar-refractivity contribution in [1.29, 1.82) is 0 Å². The topological polar surface area (TPSA) is 61.5 Å². The van der Waals surface area contributed by atoms with E-state index in [-0.39, 0.29) is 18.2 Å². The normalized spacial score (nSPS) is 12.6. The zero-order chi connectivity index (χ0) is 14.6. The zero-order valence-corrected chi connectivity index (χ0v) is 12.2. The van der Waals surface area contributed by atoms with Gasteiger partial charge in [-0.15, -0.1) is 12.4 Å². The summed E-state index contributed by atoms with van der Waals surface area (Å²) >= 11 is 0. The first-order chi connectivity index (χ1) is 8.78. The van der Waals surface area contributed by atoms with Gasteiger partial charge >= 0.3 is 12.6 Å².